The number of unbranched alkanes of at least 4 members (excludes halogenated alkanes) is 2. The van der Waals surface area contributed by atoms with Crippen LogP contribution in [0.1, 0.15) is 90.3 Å². The molecule has 187 valence electrons. The first-order valence-corrected chi connectivity index (χ1v) is 15.0. The van der Waals surface area contributed by atoms with Crippen molar-refractivity contribution in [2.75, 3.05) is 22.5 Å². The number of amides is 1. The lowest BCUT2D eigenvalue weighted by Gasteiger charge is -2.34. The molecule has 0 spiro atoms. The molecule has 5 nitrogen and oxygen atoms in total. The minimum absolute atomic E-state index is 0.0123. The van der Waals surface area contributed by atoms with Gasteiger partial charge in [-0.3, -0.25) is 4.79 Å². The maximum absolute atomic E-state index is 13.0. The molecule has 1 aliphatic heterocycles. The Morgan fingerprint density at radius 2 is 1.73 bits per heavy atom. The summed E-state index contributed by atoms with van der Waals surface area (Å²) >= 11 is 0. The average Bonchev–Trinajstić information content (AvgIpc) is 3.11. The molecule has 0 bridgehead atoms. The van der Waals surface area contributed by atoms with E-state index in [-0.39, 0.29) is 12.1 Å². The average molecular weight is 475 g/mol. The second kappa shape index (κ2) is 10.8. The summed E-state index contributed by atoms with van der Waals surface area (Å²) in [7, 11) is -0.877. The van der Waals surface area contributed by atoms with Crippen molar-refractivity contribution >= 4 is 32.0 Å². The highest BCUT2D eigenvalue weighted by atomic mass is 28.3. The first-order valence-electron chi connectivity index (χ1n) is 12.6. The monoisotopic (exact) mass is 474 g/mol. The summed E-state index contributed by atoms with van der Waals surface area (Å²) in [6, 6.07) is 0. The molecule has 1 atom stereocenters. The van der Waals surface area contributed by atoms with Crippen LogP contribution in [0.15, 0.2) is 0 Å². The van der Waals surface area contributed by atoms with Crippen LogP contribution in [0.5, 0.6) is 0 Å². The summed E-state index contributed by atoms with van der Waals surface area (Å²) in [5, 5.41) is 3.24. The molecule has 33 heavy (non-hydrogen) atoms. The van der Waals surface area contributed by atoms with Gasteiger partial charge in [-0.25, -0.2) is 0 Å². The van der Waals surface area contributed by atoms with Crippen LogP contribution in [0.3, 0.4) is 0 Å². The van der Waals surface area contributed by atoms with Gasteiger partial charge in [0.05, 0.1) is 11.4 Å². The van der Waals surface area contributed by atoms with Crippen molar-refractivity contribution in [1.29, 1.82) is 0 Å². The molecule has 1 radical (unpaired) electrons. The zero-order valence-electron chi connectivity index (χ0n) is 22.9. The summed E-state index contributed by atoms with van der Waals surface area (Å²) < 4.78 is 6.56. The lowest BCUT2D eigenvalue weighted by molar-refractivity contribution is -0.123. The molecule has 0 saturated carbocycles. The molecule has 0 aromatic heterocycles. The number of hydrogen-bond acceptors (Lipinski definition) is 4. The molecule has 2 rings (SSSR count). The van der Waals surface area contributed by atoms with Crippen molar-refractivity contribution in [2.24, 2.45) is 10.8 Å². The Bertz CT molecular complexity index is 837. The normalized spacial score (nSPS) is 15.2. The van der Waals surface area contributed by atoms with Crippen LogP contribution >= 0.6 is 0 Å². The maximum atomic E-state index is 13.0. The fraction of sp³-hybridized carbons (Fsp3) is 0.741. The molecular formula is C27H48N3O2Si. The second-order valence-electron chi connectivity index (χ2n) is 12.2. The second-order valence-corrected chi connectivity index (χ2v) is 14.2. The van der Waals surface area contributed by atoms with E-state index >= 15 is 0 Å². The number of nitrogens with one attached hydrogen (secondary N) is 1. The number of nitrogens with zero attached hydrogens (tertiary/aromatic N) is 1. The van der Waals surface area contributed by atoms with E-state index in [0.717, 1.165) is 54.0 Å². The van der Waals surface area contributed by atoms with Crippen LogP contribution < -0.4 is 16.0 Å². The number of nitrogen functional groups attached to an aromatic ring is 1. The Kier molecular flexibility index (Phi) is 9.08. The number of hydrogen-bond donors (Lipinski definition) is 2. The standard InChI is InChI=1S/C27H48N3O2Si/c1-18-20-15-17-30(21(32-33(9)10)14-12-11-13-16-26(3,4)5)24(20)23(19(2)22(18)28)29-25(31)27(6,7)8/h21H,11-17,28H2,1-10H3,(H,29,31). The van der Waals surface area contributed by atoms with Gasteiger partial charge in [-0.05, 0) is 74.7 Å². The molecule has 1 aromatic rings. The quantitative estimate of drug-likeness (QED) is 0.234. The fourth-order valence-electron chi connectivity index (χ4n) is 4.49. The van der Waals surface area contributed by atoms with Gasteiger partial charge in [0.1, 0.15) is 6.23 Å². The summed E-state index contributed by atoms with van der Waals surface area (Å²) in [6.07, 6.45) is 6.86. The van der Waals surface area contributed by atoms with Gasteiger partial charge >= 0.3 is 0 Å². The molecule has 6 heteroatoms. The minimum Gasteiger partial charge on any atom is -0.398 e. The Balaban J connectivity index is 2.35. The zero-order chi connectivity index (χ0) is 25.1. The Hall–Kier alpha value is -1.53. The van der Waals surface area contributed by atoms with E-state index in [1.165, 1.54) is 24.8 Å². The lowest BCUT2D eigenvalue weighted by atomic mass is 9.89. The zero-order valence-corrected chi connectivity index (χ0v) is 23.9. The SMILES string of the molecule is Cc1c(N)c(C)c(NC(=O)C(C)(C)C)c2c1CCN2C(CCCCCC(C)(C)C)O[Si](C)C. The van der Waals surface area contributed by atoms with Gasteiger partial charge in [0, 0.05) is 17.6 Å². The predicted molar refractivity (Wildman–Crippen MR) is 144 cm³/mol. The minimum atomic E-state index is -0.877. The van der Waals surface area contributed by atoms with Crippen LogP contribution in [-0.2, 0) is 15.6 Å². The number of nitrogens with two attached hydrogens (primary N) is 1. The van der Waals surface area contributed by atoms with Gasteiger partial charge in [-0.2, -0.15) is 0 Å². The van der Waals surface area contributed by atoms with Crippen molar-refractivity contribution in [3.63, 3.8) is 0 Å². The summed E-state index contributed by atoms with van der Waals surface area (Å²) in [5.41, 5.74) is 12.5. The largest absolute Gasteiger partial charge is 0.398 e. The van der Waals surface area contributed by atoms with Gasteiger partial charge in [-0.15, -0.1) is 0 Å². The highest BCUT2D eigenvalue weighted by Crippen LogP contribution is 2.45. The van der Waals surface area contributed by atoms with E-state index in [9.17, 15) is 4.79 Å². The number of carbonyl (C=O) groups is 1. The van der Waals surface area contributed by atoms with Crippen LogP contribution in [0.2, 0.25) is 13.1 Å². The van der Waals surface area contributed by atoms with E-state index in [2.05, 4.69) is 51.0 Å². The first-order chi connectivity index (χ1) is 15.1. The van der Waals surface area contributed by atoms with E-state index in [1.807, 2.05) is 27.7 Å². The van der Waals surface area contributed by atoms with E-state index in [4.69, 9.17) is 10.2 Å². The predicted octanol–water partition coefficient (Wildman–Crippen LogP) is 6.82. The van der Waals surface area contributed by atoms with Crippen LogP contribution in [0.25, 0.3) is 0 Å². The smallest absolute Gasteiger partial charge is 0.229 e. The van der Waals surface area contributed by atoms with Gasteiger partial charge in [-0.1, -0.05) is 54.4 Å². The van der Waals surface area contributed by atoms with Crippen LogP contribution in [0.4, 0.5) is 17.1 Å². The molecule has 0 saturated heterocycles. The van der Waals surface area contributed by atoms with Gasteiger partial charge in [0.2, 0.25) is 14.9 Å². The third-order valence-corrected chi connectivity index (χ3v) is 7.31. The lowest BCUT2D eigenvalue weighted by Crippen LogP contribution is -2.39. The molecule has 1 unspecified atom stereocenters. The van der Waals surface area contributed by atoms with Crippen molar-refractivity contribution in [3.8, 4) is 0 Å². The summed E-state index contributed by atoms with van der Waals surface area (Å²) in [6.45, 7) is 22.2. The highest BCUT2D eigenvalue weighted by Gasteiger charge is 2.34. The van der Waals surface area contributed by atoms with E-state index in [1.54, 1.807) is 0 Å². The summed E-state index contributed by atoms with van der Waals surface area (Å²) in [4.78, 5) is 15.4. The van der Waals surface area contributed by atoms with Crippen LogP contribution in [0, 0.1) is 24.7 Å². The van der Waals surface area contributed by atoms with Crippen molar-refractivity contribution in [2.45, 2.75) is 113 Å². The summed E-state index contributed by atoms with van der Waals surface area (Å²) in [5.74, 6) is 0.0123. The number of fused-ring (bicyclic) bond motifs is 1. The molecule has 1 aliphatic rings. The third-order valence-electron chi connectivity index (χ3n) is 6.57. The Morgan fingerprint density at radius 3 is 2.27 bits per heavy atom. The Morgan fingerprint density at radius 1 is 1.09 bits per heavy atom. The van der Waals surface area contributed by atoms with E-state index in [0.29, 0.717) is 5.41 Å². The van der Waals surface area contributed by atoms with Crippen molar-refractivity contribution in [1.82, 2.24) is 0 Å². The van der Waals surface area contributed by atoms with Crippen molar-refractivity contribution < 1.29 is 9.22 Å². The van der Waals surface area contributed by atoms with E-state index < -0.39 is 14.5 Å². The molecule has 1 amide bonds. The molecule has 1 aromatic carbocycles. The fourth-order valence-corrected chi connectivity index (χ4v) is 5.28. The topological polar surface area (TPSA) is 67.6 Å². The molecule has 3 N–H and O–H groups in total. The Labute approximate surface area is 204 Å². The molecule has 0 aliphatic carbocycles. The molecular weight excluding hydrogens is 426 g/mol. The number of benzene rings is 1. The maximum Gasteiger partial charge on any atom is 0.229 e. The number of carbonyl (C=O) groups excluding carboxylic acids is 1. The molecule has 0 fully saturated rings. The van der Waals surface area contributed by atoms with Gasteiger partial charge < -0.3 is 20.4 Å². The number of rotatable bonds is 9. The third kappa shape index (κ3) is 7.22. The number of anilines is 3. The first kappa shape index (κ1) is 27.7. The van der Waals surface area contributed by atoms with Crippen molar-refractivity contribution in [3.05, 3.63) is 16.7 Å². The van der Waals surface area contributed by atoms with Crippen LogP contribution in [-0.4, -0.2) is 27.7 Å². The molecule has 1 heterocycles. The highest BCUT2D eigenvalue weighted by molar-refractivity contribution is 6.48. The van der Waals surface area contributed by atoms with Gasteiger partial charge in [0.25, 0.3) is 0 Å². The van der Waals surface area contributed by atoms with Gasteiger partial charge in [0.15, 0.2) is 0 Å².